The van der Waals surface area contributed by atoms with Crippen molar-refractivity contribution in [1.29, 1.82) is 0 Å². The van der Waals surface area contributed by atoms with Crippen LogP contribution in [0.1, 0.15) is 13.3 Å². The van der Waals surface area contributed by atoms with Crippen LogP contribution in [-0.4, -0.2) is 16.3 Å². The predicted octanol–water partition coefficient (Wildman–Crippen LogP) is 1.39. The van der Waals surface area contributed by atoms with Gasteiger partial charge in [0.1, 0.15) is 5.76 Å². The van der Waals surface area contributed by atoms with Gasteiger partial charge >= 0.3 is 0 Å². The highest BCUT2D eigenvalue weighted by atomic mass is 16.3. The third kappa shape index (κ3) is 7.24. The van der Waals surface area contributed by atoms with Crippen LogP contribution in [0.4, 0.5) is 0 Å². The Morgan fingerprint density at radius 3 is 2.67 bits per heavy atom. The van der Waals surface area contributed by atoms with Gasteiger partial charge in [0.05, 0.1) is 6.10 Å². The largest absolute Gasteiger partial charge is 0.509 e. The summed E-state index contributed by atoms with van der Waals surface area (Å²) in [6.45, 7) is 4.92. The van der Waals surface area contributed by atoms with Crippen molar-refractivity contribution in [1.82, 2.24) is 0 Å². The van der Waals surface area contributed by atoms with E-state index >= 15 is 0 Å². The molecule has 0 saturated carbocycles. The second kappa shape index (κ2) is 4.15. The van der Waals surface area contributed by atoms with Gasteiger partial charge in [-0.3, -0.25) is 0 Å². The Balaban J connectivity index is 3.36. The molecule has 0 amide bonds. The van der Waals surface area contributed by atoms with Crippen molar-refractivity contribution in [3.05, 3.63) is 24.5 Å². The molecule has 2 N–H and O–H groups in total. The smallest absolute Gasteiger partial charge is 0.108 e. The summed E-state index contributed by atoms with van der Waals surface area (Å²) in [5, 5.41) is 17.2. The average molecular weight is 128 g/mol. The van der Waals surface area contributed by atoms with Gasteiger partial charge in [0.25, 0.3) is 0 Å². The lowest BCUT2D eigenvalue weighted by Gasteiger charge is -1.94. The van der Waals surface area contributed by atoms with E-state index in [2.05, 4.69) is 6.58 Å². The molecule has 2 nitrogen and oxygen atoms in total. The van der Waals surface area contributed by atoms with Crippen LogP contribution in [0.25, 0.3) is 0 Å². The molecular weight excluding hydrogens is 116 g/mol. The third-order valence-electron chi connectivity index (χ3n) is 0.787. The van der Waals surface area contributed by atoms with Crippen LogP contribution in [-0.2, 0) is 0 Å². The fraction of sp³-hybridized carbons (Fsp3) is 0.429. The summed E-state index contributed by atoms with van der Waals surface area (Å²) in [7, 11) is 0. The Morgan fingerprint density at radius 1 is 1.78 bits per heavy atom. The maximum absolute atomic E-state index is 8.70. The van der Waals surface area contributed by atoms with Gasteiger partial charge in [0.2, 0.25) is 0 Å². The van der Waals surface area contributed by atoms with Crippen molar-refractivity contribution in [2.24, 2.45) is 0 Å². The molecule has 0 heterocycles. The standard InChI is InChI=1S/C7H12O2/c1-6(8)4-3-5-7(2)9/h3-4,7-9H,1,5H2,2H3. The second-order valence-electron chi connectivity index (χ2n) is 1.98. The highest BCUT2D eigenvalue weighted by Gasteiger charge is 1.87. The first-order chi connectivity index (χ1) is 4.13. The zero-order valence-electron chi connectivity index (χ0n) is 5.54. The molecule has 1 atom stereocenters. The molecule has 0 radical (unpaired) electrons. The lowest BCUT2D eigenvalue weighted by Crippen LogP contribution is -1.95. The fourth-order valence-corrected chi connectivity index (χ4v) is 0.401. The van der Waals surface area contributed by atoms with Crippen LogP contribution in [0.3, 0.4) is 0 Å². The van der Waals surface area contributed by atoms with Crippen LogP contribution in [0, 0.1) is 0 Å². The van der Waals surface area contributed by atoms with Gasteiger partial charge in [0, 0.05) is 0 Å². The van der Waals surface area contributed by atoms with Crippen molar-refractivity contribution >= 4 is 0 Å². The van der Waals surface area contributed by atoms with Crippen molar-refractivity contribution in [3.8, 4) is 0 Å². The quantitative estimate of drug-likeness (QED) is 0.445. The number of aliphatic hydroxyl groups is 2. The molecular formula is C7H12O2. The minimum atomic E-state index is -0.347. The Kier molecular flexibility index (Phi) is 3.80. The minimum absolute atomic E-state index is 0.0238. The molecule has 2 heteroatoms. The lowest BCUT2D eigenvalue weighted by atomic mass is 10.2. The minimum Gasteiger partial charge on any atom is -0.509 e. The molecule has 1 unspecified atom stereocenters. The first kappa shape index (κ1) is 8.24. The van der Waals surface area contributed by atoms with Gasteiger partial charge in [-0.15, -0.1) is 0 Å². The summed E-state index contributed by atoms with van der Waals surface area (Å²) in [6, 6.07) is 0. The van der Waals surface area contributed by atoms with Gasteiger partial charge in [-0.25, -0.2) is 0 Å². The van der Waals surface area contributed by atoms with Crippen molar-refractivity contribution < 1.29 is 10.2 Å². The van der Waals surface area contributed by atoms with Crippen molar-refractivity contribution in [2.45, 2.75) is 19.4 Å². The van der Waals surface area contributed by atoms with Crippen LogP contribution < -0.4 is 0 Å². The Hall–Kier alpha value is -0.760. The van der Waals surface area contributed by atoms with E-state index in [0.717, 1.165) is 0 Å². The lowest BCUT2D eigenvalue weighted by molar-refractivity contribution is 0.198. The zero-order valence-corrected chi connectivity index (χ0v) is 5.54. The fourth-order valence-electron chi connectivity index (χ4n) is 0.401. The Morgan fingerprint density at radius 2 is 2.33 bits per heavy atom. The van der Waals surface area contributed by atoms with E-state index in [9.17, 15) is 0 Å². The highest BCUT2D eigenvalue weighted by molar-refractivity contribution is 5.04. The van der Waals surface area contributed by atoms with E-state index in [-0.39, 0.29) is 11.9 Å². The maximum Gasteiger partial charge on any atom is 0.108 e. The van der Waals surface area contributed by atoms with Crippen molar-refractivity contribution in [3.63, 3.8) is 0 Å². The monoisotopic (exact) mass is 128 g/mol. The van der Waals surface area contributed by atoms with E-state index in [1.807, 2.05) is 0 Å². The Labute approximate surface area is 55.1 Å². The van der Waals surface area contributed by atoms with Gasteiger partial charge in [-0.2, -0.15) is 0 Å². The van der Waals surface area contributed by atoms with Crippen molar-refractivity contribution in [2.75, 3.05) is 0 Å². The van der Waals surface area contributed by atoms with Crippen LogP contribution in [0.5, 0.6) is 0 Å². The molecule has 0 aromatic carbocycles. The van der Waals surface area contributed by atoms with E-state index in [1.165, 1.54) is 6.08 Å². The molecule has 0 bridgehead atoms. The average Bonchev–Trinajstić information content (AvgIpc) is 1.63. The van der Waals surface area contributed by atoms with E-state index in [1.54, 1.807) is 13.0 Å². The maximum atomic E-state index is 8.70. The number of rotatable bonds is 3. The molecule has 0 aliphatic carbocycles. The molecule has 52 valence electrons. The normalized spacial score (nSPS) is 14.0. The molecule has 9 heavy (non-hydrogen) atoms. The second-order valence-corrected chi connectivity index (χ2v) is 1.98. The molecule has 0 aromatic rings. The van der Waals surface area contributed by atoms with Crippen LogP contribution in [0.2, 0.25) is 0 Å². The topological polar surface area (TPSA) is 40.5 Å². The molecule has 0 rings (SSSR count). The van der Waals surface area contributed by atoms with Crippen LogP contribution in [0.15, 0.2) is 24.5 Å². The SMILES string of the molecule is C=C(O)C=CCC(C)O. The molecule has 0 aliphatic heterocycles. The molecule has 0 aliphatic rings. The molecule has 0 aromatic heterocycles. The summed E-state index contributed by atoms with van der Waals surface area (Å²) < 4.78 is 0. The summed E-state index contributed by atoms with van der Waals surface area (Å²) in [5.41, 5.74) is 0. The van der Waals surface area contributed by atoms with Gasteiger partial charge in [0.15, 0.2) is 0 Å². The first-order valence-electron chi connectivity index (χ1n) is 2.85. The third-order valence-corrected chi connectivity index (χ3v) is 0.787. The summed E-state index contributed by atoms with van der Waals surface area (Å²) in [6.07, 6.45) is 3.35. The number of aliphatic hydroxyl groups excluding tert-OH is 2. The summed E-state index contributed by atoms with van der Waals surface area (Å²) >= 11 is 0. The van der Waals surface area contributed by atoms with E-state index in [0.29, 0.717) is 6.42 Å². The molecule has 0 fully saturated rings. The highest BCUT2D eigenvalue weighted by Crippen LogP contribution is 1.93. The first-order valence-corrected chi connectivity index (χ1v) is 2.85. The summed E-state index contributed by atoms with van der Waals surface area (Å²) in [4.78, 5) is 0. The number of allylic oxidation sites excluding steroid dienone is 1. The molecule has 0 spiro atoms. The van der Waals surface area contributed by atoms with Gasteiger partial charge in [-0.05, 0) is 19.4 Å². The van der Waals surface area contributed by atoms with E-state index < -0.39 is 0 Å². The van der Waals surface area contributed by atoms with Crippen LogP contribution >= 0.6 is 0 Å². The van der Waals surface area contributed by atoms with Gasteiger partial charge < -0.3 is 10.2 Å². The number of hydrogen-bond acceptors (Lipinski definition) is 2. The Bertz CT molecular complexity index is 114. The van der Waals surface area contributed by atoms with E-state index in [4.69, 9.17) is 10.2 Å². The number of hydrogen-bond donors (Lipinski definition) is 2. The predicted molar refractivity (Wildman–Crippen MR) is 37.2 cm³/mol. The molecule has 0 saturated heterocycles. The zero-order chi connectivity index (χ0) is 7.28. The van der Waals surface area contributed by atoms with Gasteiger partial charge in [-0.1, -0.05) is 12.7 Å². The summed E-state index contributed by atoms with van der Waals surface area (Å²) in [5.74, 6) is 0.0238.